The summed E-state index contributed by atoms with van der Waals surface area (Å²) in [5.41, 5.74) is 0. The van der Waals surface area contributed by atoms with E-state index in [0.717, 1.165) is 0 Å². The molecule has 0 radical (unpaired) electrons. The molecule has 18 heavy (non-hydrogen) atoms. The first kappa shape index (κ1) is 20.2. The fourth-order valence-corrected chi connectivity index (χ4v) is 1.40. The molecule has 14 heteroatoms. The van der Waals surface area contributed by atoms with Gasteiger partial charge in [-0.05, 0) is 0 Å². The highest BCUT2D eigenvalue weighted by Gasteiger charge is 2.37. The minimum atomic E-state index is -4.91. The van der Waals surface area contributed by atoms with Crippen LogP contribution in [0.25, 0.3) is 0 Å². The molecule has 0 fully saturated rings. The maximum absolute atomic E-state index is 11.1. The van der Waals surface area contributed by atoms with E-state index in [9.17, 15) is 35.5 Å². The lowest BCUT2D eigenvalue weighted by Crippen LogP contribution is -2.13. The van der Waals surface area contributed by atoms with Crippen molar-refractivity contribution in [2.45, 2.75) is 12.4 Å². The van der Waals surface area contributed by atoms with Crippen LogP contribution in [0.2, 0.25) is 0 Å². The first-order chi connectivity index (χ1) is 7.41. The van der Waals surface area contributed by atoms with E-state index in [1.54, 1.807) is 0 Å². The van der Waals surface area contributed by atoms with Crippen LogP contribution >= 0.6 is 15.2 Å². The number of rotatable bonds is 2. The van der Waals surface area contributed by atoms with Crippen molar-refractivity contribution in [3.63, 3.8) is 0 Å². The van der Waals surface area contributed by atoms with Gasteiger partial charge in [0.1, 0.15) is 12.3 Å². The van der Waals surface area contributed by atoms with Crippen molar-refractivity contribution in [3.05, 3.63) is 0 Å². The molecule has 0 unspecified atom stereocenters. The van der Waals surface area contributed by atoms with Gasteiger partial charge in [0, 0.05) is 0 Å². The Labute approximate surface area is 95.9 Å². The fraction of sp³-hybridized carbons (Fsp3) is 1.00. The van der Waals surface area contributed by atoms with E-state index in [-0.39, 0.29) is 0 Å². The summed E-state index contributed by atoms with van der Waals surface area (Å²) in [7, 11) is -9.82. The summed E-state index contributed by atoms with van der Waals surface area (Å²) in [6.07, 6.45) is -13.6. The van der Waals surface area contributed by atoms with E-state index in [0.29, 0.717) is 0 Å². The molecule has 0 rings (SSSR count). The Balaban J connectivity index is 0. The smallest absolute Gasteiger partial charge is 0.324 e. The molecule has 0 spiro atoms. The van der Waals surface area contributed by atoms with E-state index < -0.39 is 39.9 Å². The molecule has 0 atom stereocenters. The van der Waals surface area contributed by atoms with Crippen molar-refractivity contribution < 1.29 is 55.0 Å². The van der Waals surface area contributed by atoms with Crippen molar-refractivity contribution in [3.8, 4) is 0 Å². The number of halogens is 6. The molecule has 0 saturated heterocycles. The molecule has 0 aliphatic heterocycles. The normalized spacial score (nSPS) is 13.9. The molecule has 0 heterocycles. The van der Waals surface area contributed by atoms with Gasteiger partial charge < -0.3 is 19.6 Å². The van der Waals surface area contributed by atoms with E-state index in [1.807, 2.05) is 0 Å². The van der Waals surface area contributed by atoms with E-state index in [4.69, 9.17) is 19.6 Å². The highest BCUT2D eigenvalue weighted by molar-refractivity contribution is 7.52. The molecule has 0 amide bonds. The SMILES string of the molecule is O=P(O)(O)CC(F)(F)F.O=P(O)(O)CC(F)(F)F. The third-order valence-corrected chi connectivity index (χ3v) is 2.31. The maximum atomic E-state index is 11.1. The van der Waals surface area contributed by atoms with Crippen LogP contribution in [-0.4, -0.2) is 44.3 Å². The van der Waals surface area contributed by atoms with Gasteiger partial charge >= 0.3 is 27.5 Å². The van der Waals surface area contributed by atoms with E-state index in [2.05, 4.69) is 0 Å². The summed E-state index contributed by atoms with van der Waals surface area (Å²) in [5.74, 6) is 0. The summed E-state index contributed by atoms with van der Waals surface area (Å²) in [5, 5.41) is 0. The second kappa shape index (κ2) is 6.36. The van der Waals surface area contributed by atoms with E-state index >= 15 is 0 Å². The van der Waals surface area contributed by atoms with Crippen LogP contribution < -0.4 is 0 Å². The molecule has 0 bridgehead atoms. The fourth-order valence-electron chi connectivity index (χ4n) is 0.467. The number of hydrogen-bond acceptors (Lipinski definition) is 2. The Morgan fingerprint density at radius 1 is 0.667 bits per heavy atom. The van der Waals surface area contributed by atoms with Gasteiger partial charge in [0.25, 0.3) is 0 Å². The molecule has 0 saturated carbocycles. The summed E-state index contributed by atoms with van der Waals surface area (Å²) >= 11 is 0. The first-order valence-electron chi connectivity index (χ1n) is 3.64. The zero-order valence-corrected chi connectivity index (χ0v) is 9.97. The standard InChI is InChI=1S/2C2H4F3O3P/c2*3-2(4,5)1-9(6,7)8/h2*1H2,(H2,6,7,8). The van der Waals surface area contributed by atoms with Gasteiger partial charge in [-0.2, -0.15) is 26.3 Å². The maximum Gasteiger partial charge on any atom is 0.400 e. The molecule has 0 aliphatic rings. The average Bonchev–Trinajstić information content (AvgIpc) is 1.64. The highest BCUT2D eigenvalue weighted by Crippen LogP contribution is 2.41. The third-order valence-electron chi connectivity index (χ3n) is 0.771. The van der Waals surface area contributed by atoms with Crippen molar-refractivity contribution >= 4 is 15.2 Å². The van der Waals surface area contributed by atoms with E-state index in [1.165, 1.54) is 0 Å². The van der Waals surface area contributed by atoms with Crippen LogP contribution in [0.15, 0.2) is 0 Å². The quantitative estimate of drug-likeness (QED) is 0.451. The number of hydrogen-bond donors (Lipinski definition) is 4. The van der Waals surface area contributed by atoms with Crippen LogP contribution in [0.3, 0.4) is 0 Å². The lowest BCUT2D eigenvalue weighted by molar-refractivity contribution is -0.110. The minimum absolute atomic E-state index is 2.04. The summed E-state index contributed by atoms with van der Waals surface area (Å²) < 4.78 is 85.6. The molecule has 4 N–H and O–H groups in total. The summed E-state index contributed by atoms with van der Waals surface area (Å²) in [4.78, 5) is 31.0. The predicted octanol–water partition coefficient (Wildman–Crippen LogP) is 1.45. The van der Waals surface area contributed by atoms with Crippen molar-refractivity contribution in [1.29, 1.82) is 0 Å². The van der Waals surface area contributed by atoms with Crippen LogP contribution in [-0.2, 0) is 9.13 Å². The Morgan fingerprint density at radius 2 is 0.833 bits per heavy atom. The third kappa shape index (κ3) is 24.9. The van der Waals surface area contributed by atoms with Crippen LogP contribution in [0.5, 0.6) is 0 Å². The van der Waals surface area contributed by atoms with Gasteiger partial charge in [0.2, 0.25) is 0 Å². The lowest BCUT2D eigenvalue weighted by Gasteiger charge is -2.05. The largest absolute Gasteiger partial charge is 0.400 e. The first-order valence-corrected chi connectivity index (χ1v) is 7.23. The second-order valence-electron chi connectivity index (χ2n) is 2.88. The zero-order valence-electron chi connectivity index (χ0n) is 8.18. The second-order valence-corrected chi connectivity index (χ2v) is 6.17. The highest BCUT2D eigenvalue weighted by atomic mass is 31.2. The lowest BCUT2D eigenvalue weighted by atomic mass is 10.8. The summed E-state index contributed by atoms with van der Waals surface area (Å²) in [6.45, 7) is 0. The Kier molecular flexibility index (Phi) is 7.13. The molecule has 0 aromatic carbocycles. The minimum Gasteiger partial charge on any atom is -0.324 e. The molecule has 0 aliphatic carbocycles. The average molecular weight is 328 g/mol. The molecule has 112 valence electrons. The van der Waals surface area contributed by atoms with Gasteiger partial charge in [-0.3, -0.25) is 9.13 Å². The van der Waals surface area contributed by atoms with Crippen molar-refractivity contribution in [1.82, 2.24) is 0 Å². The molecule has 6 nitrogen and oxygen atoms in total. The van der Waals surface area contributed by atoms with Crippen LogP contribution in [0.1, 0.15) is 0 Å². The van der Waals surface area contributed by atoms with Crippen molar-refractivity contribution in [2.75, 3.05) is 12.3 Å². The van der Waals surface area contributed by atoms with Gasteiger partial charge in [-0.1, -0.05) is 0 Å². The molecular weight excluding hydrogens is 320 g/mol. The van der Waals surface area contributed by atoms with Gasteiger partial charge in [-0.25, -0.2) is 0 Å². The van der Waals surface area contributed by atoms with Gasteiger partial charge in [0.15, 0.2) is 0 Å². The molecule has 0 aromatic heterocycles. The Morgan fingerprint density at radius 3 is 0.833 bits per heavy atom. The Hall–Kier alpha value is -0.120. The zero-order chi connectivity index (χ0) is 15.4. The number of alkyl halides is 6. The van der Waals surface area contributed by atoms with Crippen LogP contribution in [0, 0.1) is 0 Å². The van der Waals surface area contributed by atoms with Crippen LogP contribution in [0.4, 0.5) is 26.3 Å². The molecule has 0 aromatic rings. The molecular formula is C4H8F6O6P2. The Bertz CT molecular complexity index is 303. The van der Waals surface area contributed by atoms with Crippen molar-refractivity contribution in [2.24, 2.45) is 0 Å². The topological polar surface area (TPSA) is 115 Å². The van der Waals surface area contributed by atoms with Gasteiger partial charge in [-0.15, -0.1) is 0 Å². The summed E-state index contributed by atoms with van der Waals surface area (Å²) in [6, 6.07) is 0. The van der Waals surface area contributed by atoms with Gasteiger partial charge in [0.05, 0.1) is 0 Å². The predicted molar refractivity (Wildman–Crippen MR) is 45.9 cm³/mol. The monoisotopic (exact) mass is 328 g/mol.